The Hall–Kier alpha value is -1.13. The molecule has 1 fully saturated rings. The van der Waals surface area contributed by atoms with Crippen LogP contribution in [0.5, 0.6) is 0 Å². The summed E-state index contributed by atoms with van der Waals surface area (Å²) in [6.07, 6.45) is 16.7. The molecule has 132 valence electrons. The minimum atomic E-state index is -0.477. The zero-order valence-electron chi connectivity index (χ0n) is 14.6. The second kappa shape index (κ2) is 12.3. The smallest absolute Gasteiger partial charge is 0.305 e. The molecule has 23 heavy (non-hydrogen) atoms. The van der Waals surface area contributed by atoms with E-state index in [0.717, 1.165) is 51.4 Å². The van der Waals surface area contributed by atoms with E-state index in [2.05, 4.69) is 29.9 Å². The van der Waals surface area contributed by atoms with Crippen molar-refractivity contribution < 1.29 is 19.4 Å². The molecule has 3 atom stereocenters. The standard InChI is InChI=1S/C19H32O4/c1-3-4-10-14-17-19(23-17)16(20)13-11-8-6-5-7-9-12-15-18(21)22-2/h4,10-11,13,16-17,19-20H,3,5-9,12,14-15H2,1-2H3/b10-4-,13-11-/t16-,17+,19+/m1/s1. The van der Waals surface area contributed by atoms with Crippen molar-refractivity contribution in [3.8, 4) is 0 Å². The SMILES string of the molecule is CC/C=C\C[C@@H]1O[C@H]1[C@H](O)/C=C\CCCCCCCC(=O)OC. The van der Waals surface area contributed by atoms with Gasteiger partial charge in [-0.05, 0) is 32.1 Å². The molecule has 0 amide bonds. The van der Waals surface area contributed by atoms with Crippen molar-refractivity contribution in [3.63, 3.8) is 0 Å². The molecule has 0 unspecified atom stereocenters. The normalized spacial score (nSPS) is 21.9. The van der Waals surface area contributed by atoms with Gasteiger partial charge < -0.3 is 14.6 Å². The molecule has 0 aromatic rings. The van der Waals surface area contributed by atoms with Gasteiger partial charge in [-0.2, -0.15) is 0 Å². The number of ether oxygens (including phenoxy) is 2. The second-order valence-electron chi connectivity index (χ2n) is 6.06. The molecule has 4 nitrogen and oxygen atoms in total. The Morgan fingerprint density at radius 2 is 1.91 bits per heavy atom. The van der Waals surface area contributed by atoms with Crippen LogP contribution in [0.15, 0.2) is 24.3 Å². The summed E-state index contributed by atoms with van der Waals surface area (Å²) in [7, 11) is 1.43. The third kappa shape index (κ3) is 9.57. The van der Waals surface area contributed by atoms with Gasteiger partial charge in [0.05, 0.1) is 13.2 Å². The van der Waals surface area contributed by atoms with Gasteiger partial charge in [0.15, 0.2) is 0 Å². The minimum absolute atomic E-state index is 0.0222. The van der Waals surface area contributed by atoms with E-state index in [-0.39, 0.29) is 18.2 Å². The molecule has 0 spiro atoms. The van der Waals surface area contributed by atoms with Crippen LogP contribution in [0.3, 0.4) is 0 Å². The highest BCUT2D eigenvalue weighted by Gasteiger charge is 2.42. The Morgan fingerprint density at radius 1 is 1.17 bits per heavy atom. The van der Waals surface area contributed by atoms with Crippen LogP contribution in [0.25, 0.3) is 0 Å². The summed E-state index contributed by atoms with van der Waals surface area (Å²) in [5.74, 6) is -0.118. The van der Waals surface area contributed by atoms with Gasteiger partial charge in [-0.1, -0.05) is 50.5 Å². The highest BCUT2D eigenvalue weighted by Crippen LogP contribution is 2.29. The highest BCUT2D eigenvalue weighted by atomic mass is 16.6. The fourth-order valence-corrected chi connectivity index (χ4v) is 2.55. The van der Waals surface area contributed by atoms with Crippen LogP contribution < -0.4 is 0 Å². The van der Waals surface area contributed by atoms with Crippen LogP contribution in [0.4, 0.5) is 0 Å². The van der Waals surface area contributed by atoms with Gasteiger partial charge in [0.1, 0.15) is 12.2 Å². The fraction of sp³-hybridized carbons (Fsp3) is 0.737. The third-order valence-corrected chi connectivity index (χ3v) is 4.04. The molecule has 4 heteroatoms. The van der Waals surface area contributed by atoms with E-state index in [1.165, 1.54) is 7.11 Å². The van der Waals surface area contributed by atoms with Crippen LogP contribution in [-0.4, -0.2) is 36.5 Å². The van der Waals surface area contributed by atoms with Crippen LogP contribution in [0, 0.1) is 0 Å². The lowest BCUT2D eigenvalue weighted by atomic mass is 10.1. The second-order valence-corrected chi connectivity index (χ2v) is 6.06. The predicted molar refractivity (Wildman–Crippen MR) is 92.2 cm³/mol. The van der Waals surface area contributed by atoms with Crippen molar-refractivity contribution in [2.24, 2.45) is 0 Å². The average molecular weight is 324 g/mol. The minimum Gasteiger partial charge on any atom is -0.469 e. The van der Waals surface area contributed by atoms with Crippen LogP contribution in [0.1, 0.15) is 64.7 Å². The maximum Gasteiger partial charge on any atom is 0.305 e. The lowest BCUT2D eigenvalue weighted by molar-refractivity contribution is -0.140. The first-order valence-corrected chi connectivity index (χ1v) is 8.91. The summed E-state index contributed by atoms with van der Waals surface area (Å²) in [6.45, 7) is 2.11. The molecule has 1 saturated heterocycles. The van der Waals surface area contributed by atoms with Gasteiger partial charge in [0.2, 0.25) is 0 Å². The van der Waals surface area contributed by atoms with Gasteiger partial charge in [0.25, 0.3) is 0 Å². The lowest BCUT2D eigenvalue weighted by Crippen LogP contribution is -2.13. The number of hydrogen-bond donors (Lipinski definition) is 1. The molecule has 1 rings (SSSR count). The third-order valence-electron chi connectivity index (χ3n) is 4.04. The summed E-state index contributed by atoms with van der Waals surface area (Å²) < 4.78 is 10.1. The summed E-state index contributed by atoms with van der Waals surface area (Å²) in [6, 6.07) is 0. The monoisotopic (exact) mass is 324 g/mol. The Bertz CT molecular complexity index is 376. The van der Waals surface area contributed by atoms with Gasteiger partial charge in [-0.25, -0.2) is 0 Å². The van der Waals surface area contributed by atoms with E-state index in [0.29, 0.717) is 6.42 Å². The molecule has 0 aromatic carbocycles. The molecular formula is C19H32O4. The first kappa shape index (κ1) is 19.9. The van der Waals surface area contributed by atoms with Crippen LogP contribution in [-0.2, 0) is 14.3 Å². The van der Waals surface area contributed by atoms with Crippen LogP contribution >= 0.6 is 0 Å². The largest absolute Gasteiger partial charge is 0.469 e. The Labute approximate surface area is 140 Å². The molecule has 0 aliphatic carbocycles. The van der Waals surface area contributed by atoms with E-state index in [9.17, 15) is 9.90 Å². The van der Waals surface area contributed by atoms with Crippen molar-refractivity contribution in [1.82, 2.24) is 0 Å². The Morgan fingerprint density at radius 3 is 2.65 bits per heavy atom. The maximum atomic E-state index is 10.9. The number of unbranched alkanes of at least 4 members (excludes halogenated alkanes) is 5. The number of hydrogen-bond acceptors (Lipinski definition) is 4. The molecule has 0 bridgehead atoms. The van der Waals surface area contributed by atoms with Crippen molar-refractivity contribution >= 4 is 5.97 Å². The number of allylic oxidation sites excluding steroid dienone is 2. The summed E-state index contributed by atoms with van der Waals surface area (Å²) in [4.78, 5) is 10.9. The van der Waals surface area contributed by atoms with Gasteiger partial charge in [-0.15, -0.1) is 0 Å². The molecule has 1 heterocycles. The van der Waals surface area contributed by atoms with E-state index in [1.807, 2.05) is 6.08 Å². The van der Waals surface area contributed by atoms with Crippen LogP contribution in [0.2, 0.25) is 0 Å². The van der Waals surface area contributed by atoms with E-state index < -0.39 is 6.10 Å². The zero-order chi connectivity index (χ0) is 16.9. The molecule has 1 aliphatic rings. The van der Waals surface area contributed by atoms with E-state index >= 15 is 0 Å². The number of carbonyl (C=O) groups is 1. The molecular weight excluding hydrogens is 292 g/mol. The molecule has 1 N–H and O–H groups in total. The van der Waals surface area contributed by atoms with Gasteiger partial charge >= 0.3 is 5.97 Å². The topological polar surface area (TPSA) is 59.1 Å². The Kier molecular flexibility index (Phi) is 10.7. The quantitative estimate of drug-likeness (QED) is 0.241. The Balaban J connectivity index is 1.94. The molecule has 0 radical (unpaired) electrons. The number of epoxide rings is 1. The maximum absolute atomic E-state index is 10.9. The molecule has 0 saturated carbocycles. The van der Waals surface area contributed by atoms with Crippen molar-refractivity contribution in [2.75, 3.05) is 7.11 Å². The van der Waals surface area contributed by atoms with Crippen molar-refractivity contribution in [3.05, 3.63) is 24.3 Å². The van der Waals surface area contributed by atoms with Crippen molar-refractivity contribution in [1.29, 1.82) is 0 Å². The number of esters is 1. The molecule has 1 aliphatic heterocycles. The zero-order valence-corrected chi connectivity index (χ0v) is 14.6. The number of carbonyl (C=O) groups excluding carboxylic acids is 1. The number of methoxy groups -OCH3 is 1. The van der Waals surface area contributed by atoms with E-state index in [4.69, 9.17) is 4.74 Å². The highest BCUT2D eigenvalue weighted by molar-refractivity contribution is 5.68. The number of rotatable bonds is 13. The predicted octanol–water partition coefficient (Wildman–Crippen LogP) is 3.93. The van der Waals surface area contributed by atoms with Crippen molar-refractivity contribution in [2.45, 2.75) is 83.0 Å². The average Bonchev–Trinajstić information content (AvgIpc) is 3.32. The first-order valence-electron chi connectivity index (χ1n) is 8.91. The number of aliphatic hydroxyl groups is 1. The van der Waals surface area contributed by atoms with Gasteiger partial charge in [-0.3, -0.25) is 4.79 Å². The van der Waals surface area contributed by atoms with Gasteiger partial charge in [0, 0.05) is 6.42 Å². The summed E-state index contributed by atoms with van der Waals surface area (Å²) in [5.41, 5.74) is 0. The van der Waals surface area contributed by atoms with E-state index in [1.54, 1.807) is 0 Å². The first-order chi connectivity index (χ1) is 11.2. The fourth-order valence-electron chi connectivity index (χ4n) is 2.55. The summed E-state index contributed by atoms with van der Waals surface area (Å²) in [5, 5.41) is 9.98. The summed E-state index contributed by atoms with van der Waals surface area (Å²) >= 11 is 0. The lowest BCUT2D eigenvalue weighted by Gasteiger charge is -2.01. The molecule has 0 aromatic heterocycles. The number of aliphatic hydroxyl groups excluding tert-OH is 1.